The van der Waals surface area contributed by atoms with Crippen LogP contribution in [0.4, 0.5) is 0 Å². The molecule has 0 aromatic carbocycles. The first-order valence-corrected chi connectivity index (χ1v) is 5.62. The normalized spacial score (nSPS) is 16.5. The Morgan fingerprint density at radius 2 is 2.20 bits per heavy atom. The molecule has 0 spiro atoms. The number of nitrogens with one attached hydrogen (secondary N) is 1. The lowest BCUT2D eigenvalue weighted by Gasteiger charge is -2.24. The molecule has 0 aromatic rings. The number of nitrogens with two attached hydrogens (primary N) is 1. The molecule has 4 nitrogen and oxygen atoms in total. The Bertz CT molecular complexity index is 213. The highest BCUT2D eigenvalue weighted by molar-refractivity contribution is 5.76. The van der Waals surface area contributed by atoms with Crippen LogP contribution >= 0.6 is 0 Å². The molecule has 0 heterocycles. The zero-order valence-electron chi connectivity index (χ0n) is 9.71. The molecule has 1 aliphatic carbocycles. The second-order valence-corrected chi connectivity index (χ2v) is 4.90. The molecule has 88 valence electrons. The highest BCUT2D eigenvalue weighted by Crippen LogP contribution is 2.28. The van der Waals surface area contributed by atoms with E-state index in [1.54, 1.807) is 0 Å². The van der Waals surface area contributed by atoms with Gasteiger partial charge in [0.15, 0.2) is 0 Å². The van der Waals surface area contributed by atoms with E-state index < -0.39 is 0 Å². The lowest BCUT2D eigenvalue weighted by Crippen LogP contribution is -2.49. The van der Waals surface area contributed by atoms with Gasteiger partial charge < -0.3 is 15.8 Å². The molecule has 0 aliphatic heterocycles. The first kappa shape index (κ1) is 12.5. The third-order valence-corrected chi connectivity index (χ3v) is 2.51. The minimum atomic E-state index is -0.312. The average Bonchev–Trinajstić information content (AvgIpc) is 2.95. The zero-order valence-corrected chi connectivity index (χ0v) is 9.71. The summed E-state index contributed by atoms with van der Waals surface area (Å²) in [6, 6.07) is 0. The third-order valence-electron chi connectivity index (χ3n) is 2.51. The summed E-state index contributed by atoms with van der Waals surface area (Å²) in [4.78, 5) is 11.4. The van der Waals surface area contributed by atoms with Crippen molar-refractivity contribution in [1.29, 1.82) is 0 Å². The predicted octanol–water partition coefficient (Wildman–Crippen LogP) is 0.657. The number of carbonyl (C=O) groups excluding carboxylic acids is 1. The maximum absolute atomic E-state index is 11.4. The van der Waals surface area contributed by atoms with Gasteiger partial charge >= 0.3 is 0 Å². The molecule has 0 aromatic heterocycles. The summed E-state index contributed by atoms with van der Waals surface area (Å²) in [7, 11) is 0. The standard InChI is InChI=1S/C11H22N2O2/c1-11(2,8-12)13-10(14)5-6-15-7-9-3-4-9/h9H,3-8,12H2,1-2H3,(H,13,14). The summed E-state index contributed by atoms with van der Waals surface area (Å²) >= 11 is 0. The van der Waals surface area contributed by atoms with Gasteiger partial charge in [-0.05, 0) is 32.6 Å². The van der Waals surface area contributed by atoms with Gasteiger partial charge in [-0.25, -0.2) is 0 Å². The number of ether oxygens (including phenoxy) is 1. The van der Waals surface area contributed by atoms with Gasteiger partial charge in [-0.1, -0.05) is 0 Å². The van der Waals surface area contributed by atoms with Crippen LogP contribution in [-0.2, 0) is 9.53 Å². The van der Waals surface area contributed by atoms with E-state index in [0.29, 0.717) is 19.6 Å². The zero-order chi connectivity index (χ0) is 11.3. The van der Waals surface area contributed by atoms with Crippen LogP contribution in [0.2, 0.25) is 0 Å². The summed E-state index contributed by atoms with van der Waals surface area (Å²) in [6.45, 7) is 5.60. The Balaban J connectivity index is 2.01. The van der Waals surface area contributed by atoms with Crippen molar-refractivity contribution in [3.8, 4) is 0 Å². The highest BCUT2D eigenvalue weighted by atomic mass is 16.5. The van der Waals surface area contributed by atoms with Crippen molar-refractivity contribution in [3.05, 3.63) is 0 Å². The van der Waals surface area contributed by atoms with E-state index in [2.05, 4.69) is 5.32 Å². The number of carbonyl (C=O) groups is 1. The van der Waals surface area contributed by atoms with Gasteiger partial charge in [-0.2, -0.15) is 0 Å². The molecular weight excluding hydrogens is 192 g/mol. The topological polar surface area (TPSA) is 64.3 Å². The van der Waals surface area contributed by atoms with Crippen LogP contribution in [0.15, 0.2) is 0 Å². The fourth-order valence-electron chi connectivity index (χ4n) is 1.19. The molecule has 1 fully saturated rings. The van der Waals surface area contributed by atoms with E-state index in [4.69, 9.17) is 10.5 Å². The van der Waals surface area contributed by atoms with Crippen molar-refractivity contribution in [2.45, 2.75) is 38.6 Å². The number of hydrogen-bond acceptors (Lipinski definition) is 3. The fraction of sp³-hybridized carbons (Fsp3) is 0.909. The van der Waals surface area contributed by atoms with Crippen molar-refractivity contribution >= 4 is 5.91 Å². The van der Waals surface area contributed by atoms with E-state index in [9.17, 15) is 4.79 Å². The Morgan fingerprint density at radius 3 is 2.73 bits per heavy atom. The molecule has 0 radical (unpaired) electrons. The summed E-state index contributed by atoms with van der Waals surface area (Å²) in [5.41, 5.74) is 5.20. The molecule has 1 saturated carbocycles. The Hall–Kier alpha value is -0.610. The number of amides is 1. The molecule has 1 aliphatic rings. The number of hydrogen-bond donors (Lipinski definition) is 2. The molecule has 4 heteroatoms. The maximum atomic E-state index is 11.4. The van der Waals surface area contributed by atoms with Gasteiger partial charge in [0.05, 0.1) is 6.61 Å². The Labute approximate surface area is 91.5 Å². The molecule has 3 N–H and O–H groups in total. The summed E-state index contributed by atoms with van der Waals surface area (Å²) < 4.78 is 5.38. The highest BCUT2D eigenvalue weighted by Gasteiger charge is 2.21. The monoisotopic (exact) mass is 214 g/mol. The average molecular weight is 214 g/mol. The minimum absolute atomic E-state index is 0.0150. The lowest BCUT2D eigenvalue weighted by molar-refractivity contribution is -0.123. The lowest BCUT2D eigenvalue weighted by atomic mass is 10.1. The quantitative estimate of drug-likeness (QED) is 0.612. The van der Waals surface area contributed by atoms with Gasteiger partial charge in [-0.15, -0.1) is 0 Å². The minimum Gasteiger partial charge on any atom is -0.381 e. The van der Waals surface area contributed by atoms with E-state index in [-0.39, 0.29) is 11.4 Å². The SMILES string of the molecule is CC(C)(CN)NC(=O)CCOCC1CC1. The van der Waals surface area contributed by atoms with Crippen molar-refractivity contribution in [3.63, 3.8) is 0 Å². The molecule has 1 amide bonds. The van der Waals surface area contributed by atoms with Crippen LogP contribution in [-0.4, -0.2) is 31.2 Å². The van der Waals surface area contributed by atoms with Gasteiger partial charge in [0.1, 0.15) is 0 Å². The van der Waals surface area contributed by atoms with Crippen LogP contribution in [0.25, 0.3) is 0 Å². The van der Waals surface area contributed by atoms with Crippen molar-refractivity contribution in [2.24, 2.45) is 11.7 Å². The second kappa shape index (κ2) is 5.47. The third kappa shape index (κ3) is 5.74. The molecule has 1 rings (SSSR count). The van der Waals surface area contributed by atoms with Crippen molar-refractivity contribution < 1.29 is 9.53 Å². The summed E-state index contributed by atoms with van der Waals surface area (Å²) in [5.74, 6) is 0.773. The molecule has 0 bridgehead atoms. The van der Waals surface area contributed by atoms with E-state index >= 15 is 0 Å². The van der Waals surface area contributed by atoms with E-state index in [1.807, 2.05) is 13.8 Å². The van der Waals surface area contributed by atoms with E-state index in [1.165, 1.54) is 12.8 Å². The largest absolute Gasteiger partial charge is 0.381 e. The van der Waals surface area contributed by atoms with Crippen LogP contribution in [0.1, 0.15) is 33.1 Å². The first-order chi connectivity index (χ1) is 7.03. The van der Waals surface area contributed by atoms with E-state index in [0.717, 1.165) is 12.5 Å². The molecule has 0 unspecified atom stereocenters. The number of rotatable bonds is 7. The Kier molecular flexibility index (Phi) is 4.54. The second-order valence-electron chi connectivity index (χ2n) is 4.90. The summed E-state index contributed by atoms with van der Waals surface area (Å²) in [5, 5.41) is 2.87. The van der Waals surface area contributed by atoms with Gasteiger partial charge in [0, 0.05) is 25.1 Å². The van der Waals surface area contributed by atoms with Crippen molar-refractivity contribution in [2.75, 3.05) is 19.8 Å². The molecule has 0 saturated heterocycles. The smallest absolute Gasteiger partial charge is 0.222 e. The van der Waals surface area contributed by atoms with Gasteiger partial charge in [0.25, 0.3) is 0 Å². The van der Waals surface area contributed by atoms with Crippen molar-refractivity contribution in [1.82, 2.24) is 5.32 Å². The van der Waals surface area contributed by atoms with Gasteiger partial charge in [-0.3, -0.25) is 4.79 Å². The first-order valence-electron chi connectivity index (χ1n) is 5.62. The fourth-order valence-corrected chi connectivity index (χ4v) is 1.19. The van der Waals surface area contributed by atoms with Crippen LogP contribution < -0.4 is 11.1 Å². The van der Waals surface area contributed by atoms with Crippen LogP contribution in [0.5, 0.6) is 0 Å². The molecule has 15 heavy (non-hydrogen) atoms. The maximum Gasteiger partial charge on any atom is 0.222 e. The summed E-state index contributed by atoms with van der Waals surface area (Å²) in [6.07, 6.45) is 2.99. The van der Waals surface area contributed by atoms with Crippen LogP contribution in [0, 0.1) is 5.92 Å². The van der Waals surface area contributed by atoms with Crippen LogP contribution in [0.3, 0.4) is 0 Å². The molecular formula is C11H22N2O2. The van der Waals surface area contributed by atoms with Gasteiger partial charge in [0.2, 0.25) is 5.91 Å². The Morgan fingerprint density at radius 1 is 1.53 bits per heavy atom. The predicted molar refractivity (Wildman–Crippen MR) is 59.4 cm³/mol. The molecule has 0 atom stereocenters.